The van der Waals surface area contributed by atoms with Crippen molar-refractivity contribution in [1.29, 1.82) is 0 Å². The maximum atomic E-state index is 5.84. The van der Waals surface area contributed by atoms with Crippen molar-refractivity contribution >= 4 is 0 Å². The number of fused-ring (bicyclic) bond motifs is 2. The van der Waals surface area contributed by atoms with E-state index in [0.29, 0.717) is 11.5 Å². The summed E-state index contributed by atoms with van der Waals surface area (Å²) in [5.41, 5.74) is 0.802. The third-order valence-corrected chi connectivity index (χ3v) is 5.07. The summed E-state index contributed by atoms with van der Waals surface area (Å²) in [5, 5.41) is 0. The summed E-state index contributed by atoms with van der Waals surface area (Å²) in [7, 11) is 0. The SMILES string of the molecule is CC12CCC3C(C=CCCC1O2)C3(C)C. The second-order valence-corrected chi connectivity index (χ2v) is 6.42. The maximum absolute atomic E-state index is 5.84. The summed E-state index contributed by atoms with van der Waals surface area (Å²) >= 11 is 0. The fourth-order valence-electron chi connectivity index (χ4n) is 3.53. The molecule has 1 saturated heterocycles. The van der Waals surface area contributed by atoms with Crippen LogP contribution in [0.3, 0.4) is 0 Å². The van der Waals surface area contributed by atoms with Gasteiger partial charge in [-0.25, -0.2) is 0 Å². The smallest absolute Gasteiger partial charge is 0.0920 e. The van der Waals surface area contributed by atoms with Crippen LogP contribution < -0.4 is 0 Å². The van der Waals surface area contributed by atoms with E-state index in [1.807, 2.05) is 0 Å². The van der Waals surface area contributed by atoms with Gasteiger partial charge in [0.25, 0.3) is 0 Å². The third-order valence-electron chi connectivity index (χ3n) is 5.07. The number of ether oxygens (including phenoxy) is 1. The molecule has 1 heteroatoms. The molecule has 3 aliphatic rings. The first-order valence-corrected chi connectivity index (χ1v) is 6.38. The second-order valence-electron chi connectivity index (χ2n) is 6.42. The zero-order valence-electron chi connectivity index (χ0n) is 10.1. The summed E-state index contributed by atoms with van der Waals surface area (Å²) in [5.74, 6) is 1.75. The quantitative estimate of drug-likeness (QED) is 0.436. The van der Waals surface area contributed by atoms with Gasteiger partial charge in [0.05, 0.1) is 11.7 Å². The molecule has 4 atom stereocenters. The van der Waals surface area contributed by atoms with Gasteiger partial charge < -0.3 is 4.74 Å². The highest BCUT2D eigenvalue weighted by molar-refractivity contribution is 5.16. The Balaban J connectivity index is 1.73. The van der Waals surface area contributed by atoms with Crippen molar-refractivity contribution in [3.05, 3.63) is 12.2 Å². The fraction of sp³-hybridized carbons (Fsp3) is 0.857. The van der Waals surface area contributed by atoms with Gasteiger partial charge in [0.2, 0.25) is 0 Å². The lowest BCUT2D eigenvalue weighted by molar-refractivity contribution is 0.284. The predicted octanol–water partition coefficient (Wildman–Crippen LogP) is 3.55. The first-order valence-electron chi connectivity index (χ1n) is 6.38. The van der Waals surface area contributed by atoms with Crippen LogP contribution in [0, 0.1) is 17.3 Å². The van der Waals surface area contributed by atoms with Gasteiger partial charge in [0.15, 0.2) is 0 Å². The molecule has 1 nitrogen and oxygen atoms in total. The van der Waals surface area contributed by atoms with Gasteiger partial charge >= 0.3 is 0 Å². The second kappa shape index (κ2) is 2.88. The highest BCUT2D eigenvalue weighted by Crippen LogP contribution is 2.62. The molecule has 0 aromatic carbocycles. The molecule has 15 heavy (non-hydrogen) atoms. The Hall–Kier alpha value is -0.300. The standard InChI is InChI=1S/C14H22O/c1-13(2)10-6-4-5-7-12-14(3,15-12)9-8-11(10)13/h4,6,10-12H,5,7-9H2,1-3H3. The molecule has 1 saturated carbocycles. The van der Waals surface area contributed by atoms with Crippen molar-refractivity contribution in [1.82, 2.24) is 0 Å². The van der Waals surface area contributed by atoms with E-state index < -0.39 is 0 Å². The highest BCUT2D eigenvalue weighted by Gasteiger charge is 2.58. The van der Waals surface area contributed by atoms with E-state index in [2.05, 4.69) is 32.9 Å². The Morgan fingerprint density at radius 2 is 2.00 bits per heavy atom. The Bertz CT molecular complexity index is 304. The van der Waals surface area contributed by atoms with Gasteiger partial charge in [0.1, 0.15) is 0 Å². The van der Waals surface area contributed by atoms with Crippen molar-refractivity contribution in [2.45, 2.75) is 58.2 Å². The minimum absolute atomic E-state index is 0.244. The fourth-order valence-corrected chi connectivity index (χ4v) is 3.53. The maximum Gasteiger partial charge on any atom is 0.0920 e. The molecule has 1 aliphatic heterocycles. The van der Waals surface area contributed by atoms with E-state index in [9.17, 15) is 0 Å². The van der Waals surface area contributed by atoms with E-state index in [0.717, 1.165) is 11.8 Å². The van der Waals surface area contributed by atoms with E-state index in [1.54, 1.807) is 0 Å². The Labute approximate surface area is 92.9 Å². The molecular formula is C14H22O. The molecule has 0 amide bonds. The van der Waals surface area contributed by atoms with Gasteiger partial charge in [-0.05, 0) is 49.9 Å². The minimum Gasteiger partial charge on any atom is -0.366 e. The molecule has 2 fully saturated rings. The normalized spacial score (nSPS) is 51.5. The third kappa shape index (κ3) is 1.47. The summed E-state index contributed by atoms with van der Waals surface area (Å²) < 4.78 is 5.84. The summed E-state index contributed by atoms with van der Waals surface area (Å²) in [4.78, 5) is 0. The monoisotopic (exact) mass is 206 g/mol. The van der Waals surface area contributed by atoms with Crippen LogP contribution in [-0.4, -0.2) is 11.7 Å². The van der Waals surface area contributed by atoms with E-state index in [4.69, 9.17) is 4.74 Å². The van der Waals surface area contributed by atoms with Crippen LogP contribution >= 0.6 is 0 Å². The summed E-state index contributed by atoms with van der Waals surface area (Å²) in [6, 6.07) is 0. The van der Waals surface area contributed by atoms with Crippen LogP contribution in [0.25, 0.3) is 0 Å². The first kappa shape index (κ1) is 9.89. The van der Waals surface area contributed by atoms with E-state index in [1.165, 1.54) is 25.7 Å². The predicted molar refractivity (Wildman–Crippen MR) is 61.6 cm³/mol. The average Bonchev–Trinajstić information content (AvgIpc) is 2.96. The van der Waals surface area contributed by atoms with Crippen molar-refractivity contribution in [3.63, 3.8) is 0 Å². The molecule has 84 valence electrons. The zero-order chi connectivity index (χ0) is 10.7. The zero-order valence-corrected chi connectivity index (χ0v) is 10.1. The average molecular weight is 206 g/mol. The molecule has 0 bridgehead atoms. The molecule has 0 N–H and O–H groups in total. The largest absolute Gasteiger partial charge is 0.366 e. The Morgan fingerprint density at radius 1 is 1.20 bits per heavy atom. The van der Waals surface area contributed by atoms with E-state index >= 15 is 0 Å². The molecule has 0 radical (unpaired) electrons. The minimum atomic E-state index is 0.244. The topological polar surface area (TPSA) is 12.5 Å². The molecule has 2 aliphatic carbocycles. The molecule has 0 spiro atoms. The van der Waals surface area contributed by atoms with Crippen LogP contribution in [0.4, 0.5) is 0 Å². The number of hydrogen-bond donors (Lipinski definition) is 0. The summed E-state index contributed by atoms with van der Waals surface area (Å²) in [6.07, 6.45) is 10.5. The lowest BCUT2D eigenvalue weighted by atomic mass is 9.95. The first-order chi connectivity index (χ1) is 7.04. The molecular weight excluding hydrogens is 184 g/mol. The number of epoxide rings is 1. The van der Waals surface area contributed by atoms with Crippen molar-refractivity contribution in [2.75, 3.05) is 0 Å². The summed E-state index contributed by atoms with van der Waals surface area (Å²) in [6.45, 7) is 7.13. The van der Waals surface area contributed by atoms with Gasteiger partial charge in [-0.3, -0.25) is 0 Å². The molecule has 0 aromatic rings. The molecule has 0 aromatic heterocycles. The van der Waals surface area contributed by atoms with Gasteiger partial charge in [-0.1, -0.05) is 26.0 Å². The highest BCUT2D eigenvalue weighted by atomic mass is 16.6. The van der Waals surface area contributed by atoms with Crippen molar-refractivity contribution < 1.29 is 4.74 Å². The Kier molecular flexibility index (Phi) is 1.90. The lowest BCUT2D eigenvalue weighted by Crippen LogP contribution is -2.11. The lowest BCUT2D eigenvalue weighted by Gasteiger charge is -2.07. The van der Waals surface area contributed by atoms with Gasteiger partial charge in [0, 0.05) is 0 Å². The van der Waals surface area contributed by atoms with Crippen LogP contribution in [0.2, 0.25) is 0 Å². The van der Waals surface area contributed by atoms with Crippen molar-refractivity contribution in [2.24, 2.45) is 17.3 Å². The number of allylic oxidation sites excluding steroid dienone is 2. The van der Waals surface area contributed by atoms with Crippen molar-refractivity contribution in [3.8, 4) is 0 Å². The van der Waals surface area contributed by atoms with Crippen LogP contribution in [0.1, 0.15) is 46.5 Å². The van der Waals surface area contributed by atoms with Gasteiger partial charge in [-0.15, -0.1) is 0 Å². The van der Waals surface area contributed by atoms with E-state index in [-0.39, 0.29) is 5.60 Å². The number of rotatable bonds is 0. The van der Waals surface area contributed by atoms with Crippen LogP contribution in [0.5, 0.6) is 0 Å². The molecule has 3 rings (SSSR count). The Morgan fingerprint density at radius 3 is 2.80 bits per heavy atom. The van der Waals surface area contributed by atoms with Crippen LogP contribution in [0.15, 0.2) is 12.2 Å². The molecule has 1 heterocycles. The number of hydrogen-bond acceptors (Lipinski definition) is 1. The molecule has 4 unspecified atom stereocenters. The van der Waals surface area contributed by atoms with Gasteiger partial charge in [-0.2, -0.15) is 0 Å². The van der Waals surface area contributed by atoms with Crippen LogP contribution in [-0.2, 0) is 4.74 Å².